The second-order valence-corrected chi connectivity index (χ2v) is 3.70. The van der Waals surface area contributed by atoms with E-state index in [9.17, 15) is 0 Å². The molecule has 0 N–H and O–H groups in total. The van der Waals surface area contributed by atoms with Gasteiger partial charge in [0.25, 0.3) is 0 Å². The van der Waals surface area contributed by atoms with Gasteiger partial charge in [0.05, 0.1) is 25.3 Å². The smallest absolute Gasteiger partial charge is 0.0949 e. The highest BCUT2D eigenvalue weighted by Crippen LogP contribution is 2.38. The second kappa shape index (κ2) is 4.08. The lowest BCUT2D eigenvalue weighted by atomic mass is 9.77. The van der Waals surface area contributed by atoms with Crippen LogP contribution in [0.3, 0.4) is 0 Å². The van der Waals surface area contributed by atoms with Crippen molar-refractivity contribution in [1.82, 2.24) is 4.90 Å². The normalized spacial score (nSPS) is 26.0. The Morgan fingerprint density at radius 3 is 2.23 bits per heavy atom. The lowest BCUT2D eigenvalue weighted by Crippen LogP contribution is -2.67. The van der Waals surface area contributed by atoms with Gasteiger partial charge in [0.2, 0.25) is 0 Å². The van der Waals surface area contributed by atoms with E-state index in [1.165, 1.54) is 0 Å². The highest BCUT2D eigenvalue weighted by Gasteiger charge is 2.50. The molecule has 0 amide bonds. The predicted octanol–water partition coefficient (Wildman–Crippen LogP) is 1.26. The third-order valence-electron chi connectivity index (χ3n) is 2.63. The molecule has 1 spiro atoms. The van der Waals surface area contributed by atoms with Gasteiger partial charge < -0.3 is 4.74 Å². The molecule has 1 atom stereocenters. The van der Waals surface area contributed by atoms with Crippen molar-refractivity contribution in [2.24, 2.45) is 5.41 Å². The van der Waals surface area contributed by atoms with E-state index < -0.39 is 0 Å². The SMILES string of the molecule is CC.CC(C#N)N1CC2(COC2)C1. The van der Waals surface area contributed by atoms with E-state index in [4.69, 9.17) is 10.00 Å². The van der Waals surface area contributed by atoms with E-state index in [0.717, 1.165) is 26.3 Å². The Balaban J connectivity index is 0.000000396. The molecule has 0 aliphatic carbocycles. The van der Waals surface area contributed by atoms with Gasteiger partial charge in [-0.15, -0.1) is 0 Å². The third kappa shape index (κ3) is 1.84. The van der Waals surface area contributed by atoms with E-state index in [-0.39, 0.29) is 6.04 Å². The lowest BCUT2D eigenvalue weighted by Gasteiger charge is -2.55. The predicted molar refractivity (Wildman–Crippen MR) is 51.2 cm³/mol. The fraction of sp³-hybridized carbons (Fsp3) is 0.900. The van der Waals surface area contributed by atoms with Crippen molar-refractivity contribution in [3.05, 3.63) is 0 Å². The van der Waals surface area contributed by atoms with Crippen LogP contribution < -0.4 is 0 Å². The number of hydrogen-bond acceptors (Lipinski definition) is 3. The average molecular weight is 182 g/mol. The van der Waals surface area contributed by atoms with Crippen LogP contribution in [0.15, 0.2) is 0 Å². The first-order valence-electron chi connectivity index (χ1n) is 4.97. The molecule has 2 fully saturated rings. The summed E-state index contributed by atoms with van der Waals surface area (Å²) < 4.78 is 5.13. The van der Waals surface area contributed by atoms with Gasteiger partial charge in [0.15, 0.2) is 0 Å². The molecular formula is C10H18N2O. The zero-order valence-electron chi connectivity index (χ0n) is 8.71. The molecule has 1 unspecified atom stereocenters. The Hall–Kier alpha value is -0.590. The van der Waals surface area contributed by atoms with Gasteiger partial charge in [-0.1, -0.05) is 13.8 Å². The number of likely N-dealkylation sites (tertiary alicyclic amines) is 1. The van der Waals surface area contributed by atoms with Crippen LogP contribution in [-0.4, -0.2) is 37.2 Å². The van der Waals surface area contributed by atoms with Gasteiger partial charge in [-0.3, -0.25) is 4.90 Å². The summed E-state index contributed by atoms with van der Waals surface area (Å²) in [6.07, 6.45) is 0. The third-order valence-corrected chi connectivity index (χ3v) is 2.63. The minimum atomic E-state index is 0.0845. The number of rotatable bonds is 1. The van der Waals surface area contributed by atoms with E-state index >= 15 is 0 Å². The van der Waals surface area contributed by atoms with Gasteiger partial charge in [-0.2, -0.15) is 5.26 Å². The van der Waals surface area contributed by atoms with Gasteiger partial charge in [-0.25, -0.2) is 0 Å². The summed E-state index contributed by atoms with van der Waals surface area (Å²) in [5.41, 5.74) is 0.450. The van der Waals surface area contributed by atoms with Crippen LogP contribution >= 0.6 is 0 Å². The zero-order chi connectivity index (χ0) is 9.90. The summed E-state index contributed by atoms with van der Waals surface area (Å²) in [6, 6.07) is 2.32. The van der Waals surface area contributed by atoms with E-state index in [1.54, 1.807) is 0 Å². The summed E-state index contributed by atoms with van der Waals surface area (Å²) in [5.74, 6) is 0. The highest BCUT2D eigenvalue weighted by molar-refractivity contribution is 5.04. The Kier molecular flexibility index (Phi) is 3.29. The van der Waals surface area contributed by atoms with Crippen molar-refractivity contribution in [2.45, 2.75) is 26.8 Å². The summed E-state index contributed by atoms with van der Waals surface area (Å²) >= 11 is 0. The standard InChI is InChI=1S/C8H12N2O.C2H6/c1-7(2-9)10-3-8(4-10)5-11-6-8;1-2/h7H,3-6H2,1H3;1-2H3. The molecule has 0 bridgehead atoms. The molecule has 0 radical (unpaired) electrons. The van der Waals surface area contributed by atoms with Gasteiger partial charge in [0, 0.05) is 18.5 Å². The topological polar surface area (TPSA) is 36.3 Å². The number of hydrogen-bond donors (Lipinski definition) is 0. The fourth-order valence-electron chi connectivity index (χ4n) is 1.74. The van der Waals surface area contributed by atoms with E-state index in [2.05, 4.69) is 11.0 Å². The molecule has 2 saturated heterocycles. The molecule has 0 aromatic rings. The van der Waals surface area contributed by atoms with Crippen LogP contribution in [0.2, 0.25) is 0 Å². The van der Waals surface area contributed by atoms with Crippen molar-refractivity contribution < 1.29 is 4.74 Å². The number of nitrogens with zero attached hydrogens (tertiary/aromatic N) is 2. The van der Waals surface area contributed by atoms with Crippen molar-refractivity contribution in [3.63, 3.8) is 0 Å². The molecule has 0 saturated carbocycles. The molecule has 2 rings (SSSR count). The van der Waals surface area contributed by atoms with Crippen molar-refractivity contribution in [1.29, 1.82) is 5.26 Å². The Labute approximate surface area is 80.3 Å². The minimum Gasteiger partial charge on any atom is -0.380 e. The quantitative estimate of drug-likeness (QED) is 0.612. The summed E-state index contributed by atoms with van der Waals surface area (Å²) in [7, 11) is 0. The Morgan fingerprint density at radius 1 is 1.38 bits per heavy atom. The summed E-state index contributed by atoms with van der Waals surface area (Å²) in [4.78, 5) is 2.20. The first-order valence-corrected chi connectivity index (χ1v) is 4.97. The van der Waals surface area contributed by atoms with Crippen molar-refractivity contribution >= 4 is 0 Å². The Morgan fingerprint density at radius 2 is 1.92 bits per heavy atom. The molecule has 74 valence electrons. The van der Waals surface area contributed by atoms with Crippen LogP contribution in [0.5, 0.6) is 0 Å². The van der Waals surface area contributed by atoms with Crippen molar-refractivity contribution in [3.8, 4) is 6.07 Å². The van der Waals surface area contributed by atoms with Crippen LogP contribution in [0.25, 0.3) is 0 Å². The first-order chi connectivity index (χ1) is 6.26. The lowest BCUT2D eigenvalue weighted by molar-refractivity contribution is -0.192. The molecule has 3 heteroatoms. The molecule has 0 aromatic heterocycles. The number of ether oxygens (including phenoxy) is 1. The molecule has 2 aliphatic heterocycles. The average Bonchev–Trinajstić information content (AvgIpc) is 2.03. The monoisotopic (exact) mass is 182 g/mol. The minimum absolute atomic E-state index is 0.0845. The van der Waals surface area contributed by atoms with Crippen molar-refractivity contribution in [2.75, 3.05) is 26.3 Å². The van der Waals surface area contributed by atoms with Crippen LogP contribution in [0.1, 0.15) is 20.8 Å². The highest BCUT2D eigenvalue weighted by atomic mass is 16.5. The maximum absolute atomic E-state index is 8.61. The van der Waals surface area contributed by atoms with Crippen LogP contribution in [0.4, 0.5) is 0 Å². The largest absolute Gasteiger partial charge is 0.380 e. The van der Waals surface area contributed by atoms with Crippen LogP contribution in [-0.2, 0) is 4.74 Å². The number of nitriles is 1. The molecular weight excluding hydrogens is 164 g/mol. The molecule has 2 aliphatic rings. The molecule has 3 nitrogen and oxygen atoms in total. The first kappa shape index (κ1) is 10.5. The summed E-state index contributed by atoms with van der Waals surface area (Å²) in [6.45, 7) is 9.87. The summed E-state index contributed by atoms with van der Waals surface area (Å²) in [5, 5.41) is 8.61. The molecule has 13 heavy (non-hydrogen) atoms. The molecule has 2 heterocycles. The maximum atomic E-state index is 8.61. The van der Waals surface area contributed by atoms with Gasteiger partial charge >= 0.3 is 0 Å². The fourth-order valence-corrected chi connectivity index (χ4v) is 1.74. The second-order valence-electron chi connectivity index (χ2n) is 3.70. The zero-order valence-corrected chi connectivity index (χ0v) is 8.71. The van der Waals surface area contributed by atoms with E-state index in [1.807, 2.05) is 20.8 Å². The van der Waals surface area contributed by atoms with Crippen LogP contribution in [0, 0.1) is 16.7 Å². The van der Waals surface area contributed by atoms with Gasteiger partial charge in [0.1, 0.15) is 0 Å². The molecule has 0 aromatic carbocycles. The Bertz CT molecular complexity index is 197. The maximum Gasteiger partial charge on any atom is 0.0949 e. The van der Waals surface area contributed by atoms with Gasteiger partial charge in [-0.05, 0) is 6.92 Å². The van der Waals surface area contributed by atoms with E-state index in [0.29, 0.717) is 5.41 Å².